The molecule has 2 N–H and O–H groups in total. The van der Waals surface area contributed by atoms with E-state index in [-0.39, 0.29) is 18.8 Å². The van der Waals surface area contributed by atoms with E-state index in [9.17, 15) is 4.39 Å². The molecule has 1 aliphatic heterocycles. The molecular weight excluding hydrogens is 301 g/mol. The van der Waals surface area contributed by atoms with Crippen LogP contribution >= 0.6 is 0 Å². The van der Waals surface area contributed by atoms with Gasteiger partial charge in [-0.25, -0.2) is 4.98 Å². The van der Waals surface area contributed by atoms with Crippen molar-refractivity contribution in [2.75, 3.05) is 25.1 Å². The maximum absolute atomic E-state index is 13.8. The maximum atomic E-state index is 13.8. The zero-order valence-corrected chi connectivity index (χ0v) is 13.2. The summed E-state index contributed by atoms with van der Waals surface area (Å²) < 4.78 is 21.3. The molecule has 0 radical (unpaired) electrons. The third-order valence-electron chi connectivity index (χ3n) is 4.10. The maximum Gasteiger partial charge on any atom is 0.312 e. The number of aliphatic hydroxyl groups excluding tert-OH is 1. The number of hydrogen-bond donors (Lipinski definition) is 2. The Hall–Kier alpha value is -1.80. The van der Waals surface area contributed by atoms with Crippen LogP contribution < -0.4 is 5.32 Å². The zero-order valence-electron chi connectivity index (χ0n) is 13.2. The van der Waals surface area contributed by atoms with E-state index in [1.807, 2.05) is 6.92 Å². The Balaban J connectivity index is 1.83. The van der Waals surface area contributed by atoms with Crippen molar-refractivity contribution in [3.05, 3.63) is 12.4 Å². The molecule has 126 valence electrons. The van der Waals surface area contributed by atoms with Crippen molar-refractivity contribution in [1.82, 2.24) is 19.5 Å². The average Bonchev–Trinajstić information content (AvgIpc) is 2.99. The second-order valence-corrected chi connectivity index (χ2v) is 5.99. The van der Waals surface area contributed by atoms with Crippen LogP contribution in [-0.2, 0) is 4.74 Å². The van der Waals surface area contributed by atoms with Crippen LogP contribution in [0.4, 0.5) is 10.2 Å². The number of halogens is 1. The van der Waals surface area contributed by atoms with Crippen LogP contribution in [0.5, 0.6) is 0 Å². The van der Waals surface area contributed by atoms with Gasteiger partial charge in [0.1, 0.15) is 6.23 Å². The second-order valence-electron chi connectivity index (χ2n) is 5.99. The summed E-state index contributed by atoms with van der Waals surface area (Å²) in [4.78, 5) is 12.0. The molecular formula is C15H22FN5O2. The standard InChI is InChI=1S/C15H22FN5O2/c1-10(8-22)5-6-17-13-12-14(20-15(16)19-13)21(9-18-12)11-4-2-3-7-23-11/h9-11,22H,2-8H2,1H3,(H,17,19,20). The lowest BCUT2D eigenvalue weighted by Crippen LogP contribution is -2.18. The molecule has 0 amide bonds. The Bertz CT molecular complexity index is 657. The highest BCUT2D eigenvalue weighted by Crippen LogP contribution is 2.27. The Morgan fingerprint density at radius 1 is 1.48 bits per heavy atom. The highest BCUT2D eigenvalue weighted by molar-refractivity contribution is 5.82. The highest BCUT2D eigenvalue weighted by Gasteiger charge is 2.21. The SMILES string of the molecule is CC(CO)CCNc1nc(F)nc2c1ncn2C1CCCCO1. The molecule has 3 heterocycles. The van der Waals surface area contributed by atoms with Crippen molar-refractivity contribution in [2.24, 2.45) is 5.92 Å². The van der Waals surface area contributed by atoms with E-state index in [0.717, 1.165) is 25.7 Å². The summed E-state index contributed by atoms with van der Waals surface area (Å²) in [6.45, 7) is 3.36. The number of anilines is 1. The highest BCUT2D eigenvalue weighted by atomic mass is 19.1. The molecule has 8 heteroatoms. The summed E-state index contributed by atoms with van der Waals surface area (Å²) in [5.74, 6) is 0.560. The topological polar surface area (TPSA) is 85.1 Å². The Morgan fingerprint density at radius 2 is 2.35 bits per heavy atom. The third kappa shape index (κ3) is 3.59. The van der Waals surface area contributed by atoms with Gasteiger partial charge < -0.3 is 15.2 Å². The number of fused-ring (bicyclic) bond motifs is 1. The van der Waals surface area contributed by atoms with Gasteiger partial charge in [-0.3, -0.25) is 4.57 Å². The normalized spacial score (nSPS) is 19.9. The summed E-state index contributed by atoms with van der Waals surface area (Å²) >= 11 is 0. The van der Waals surface area contributed by atoms with E-state index in [1.165, 1.54) is 0 Å². The van der Waals surface area contributed by atoms with Crippen LogP contribution in [-0.4, -0.2) is 44.4 Å². The molecule has 1 aliphatic rings. The number of ether oxygens (including phenoxy) is 1. The van der Waals surface area contributed by atoms with Crippen LogP contribution in [0.1, 0.15) is 38.8 Å². The van der Waals surface area contributed by atoms with Gasteiger partial charge in [0.25, 0.3) is 0 Å². The fourth-order valence-corrected chi connectivity index (χ4v) is 2.70. The first-order chi connectivity index (χ1) is 11.2. The van der Waals surface area contributed by atoms with Crippen molar-refractivity contribution >= 4 is 17.0 Å². The largest absolute Gasteiger partial charge is 0.396 e. The summed E-state index contributed by atoms with van der Waals surface area (Å²) in [7, 11) is 0. The summed E-state index contributed by atoms with van der Waals surface area (Å²) in [5, 5.41) is 12.1. The lowest BCUT2D eigenvalue weighted by Gasteiger charge is -2.23. The first-order valence-electron chi connectivity index (χ1n) is 8.05. The first kappa shape index (κ1) is 16.1. The molecule has 2 unspecified atom stereocenters. The van der Waals surface area contributed by atoms with Crippen molar-refractivity contribution in [1.29, 1.82) is 0 Å². The second kappa shape index (κ2) is 7.18. The number of aliphatic hydroxyl groups is 1. The van der Waals surface area contributed by atoms with Gasteiger partial charge in [-0.05, 0) is 31.6 Å². The van der Waals surface area contributed by atoms with Crippen molar-refractivity contribution in [3.63, 3.8) is 0 Å². The lowest BCUT2D eigenvalue weighted by molar-refractivity contribution is -0.0298. The smallest absolute Gasteiger partial charge is 0.312 e. The molecule has 1 saturated heterocycles. The summed E-state index contributed by atoms with van der Waals surface area (Å²) in [5.41, 5.74) is 0.985. The molecule has 2 aromatic rings. The molecule has 1 fully saturated rings. The third-order valence-corrected chi connectivity index (χ3v) is 4.10. The number of imidazole rings is 1. The van der Waals surface area contributed by atoms with Crippen molar-refractivity contribution in [3.8, 4) is 0 Å². The number of nitrogens with zero attached hydrogens (tertiary/aromatic N) is 4. The van der Waals surface area contributed by atoms with Gasteiger partial charge in [0.2, 0.25) is 0 Å². The van der Waals surface area contributed by atoms with Gasteiger partial charge >= 0.3 is 6.08 Å². The summed E-state index contributed by atoms with van der Waals surface area (Å²) in [6.07, 6.45) is 4.45. The quantitative estimate of drug-likeness (QED) is 0.792. The van der Waals surface area contributed by atoms with E-state index >= 15 is 0 Å². The van der Waals surface area contributed by atoms with Crippen LogP contribution in [0.3, 0.4) is 0 Å². The van der Waals surface area contributed by atoms with E-state index in [0.29, 0.717) is 30.1 Å². The molecule has 0 spiro atoms. The van der Waals surface area contributed by atoms with Gasteiger partial charge in [-0.2, -0.15) is 14.4 Å². The summed E-state index contributed by atoms with van der Waals surface area (Å²) in [6, 6.07) is 0. The Morgan fingerprint density at radius 3 is 3.09 bits per heavy atom. The molecule has 2 aromatic heterocycles. The minimum atomic E-state index is -0.784. The van der Waals surface area contributed by atoms with Gasteiger partial charge in [-0.15, -0.1) is 0 Å². The van der Waals surface area contributed by atoms with E-state index < -0.39 is 6.08 Å². The molecule has 23 heavy (non-hydrogen) atoms. The lowest BCUT2D eigenvalue weighted by atomic mass is 10.1. The number of hydrogen-bond acceptors (Lipinski definition) is 6. The van der Waals surface area contributed by atoms with Crippen LogP contribution in [0, 0.1) is 12.0 Å². The van der Waals surface area contributed by atoms with Gasteiger partial charge in [0, 0.05) is 19.8 Å². The fourth-order valence-electron chi connectivity index (χ4n) is 2.70. The predicted octanol–water partition coefficient (Wildman–Crippen LogP) is 2.09. The monoisotopic (exact) mass is 323 g/mol. The van der Waals surface area contributed by atoms with Gasteiger partial charge in [0.15, 0.2) is 17.0 Å². The molecule has 0 aliphatic carbocycles. The average molecular weight is 323 g/mol. The van der Waals surface area contributed by atoms with Crippen molar-refractivity contribution < 1.29 is 14.2 Å². The molecule has 2 atom stereocenters. The van der Waals surface area contributed by atoms with Gasteiger partial charge in [0.05, 0.1) is 6.33 Å². The molecule has 0 bridgehead atoms. The molecule has 0 saturated carbocycles. The molecule has 7 nitrogen and oxygen atoms in total. The van der Waals surface area contributed by atoms with E-state index in [4.69, 9.17) is 9.84 Å². The first-order valence-corrected chi connectivity index (χ1v) is 8.05. The minimum Gasteiger partial charge on any atom is -0.396 e. The predicted molar refractivity (Wildman–Crippen MR) is 83.5 cm³/mol. The molecule has 0 aromatic carbocycles. The number of nitrogens with one attached hydrogen (secondary N) is 1. The fraction of sp³-hybridized carbons (Fsp3) is 0.667. The van der Waals surface area contributed by atoms with Crippen LogP contribution in [0.2, 0.25) is 0 Å². The van der Waals surface area contributed by atoms with E-state index in [1.54, 1.807) is 10.9 Å². The molecule has 3 rings (SSSR count). The van der Waals surface area contributed by atoms with E-state index in [2.05, 4.69) is 20.3 Å². The van der Waals surface area contributed by atoms with Crippen LogP contribution in [0.25, 0.3) is 11.2 Å². The number of rotatable bonds is 6. The van der Waals surface area contributed by atoms with Crippen LogP contribution in [0.15, 0.2) is 6.33 Å². The van der Waals surface area contributed by atoms with Crippen molar-refractivity contribution in [2.45, 2.75) is 38.8 Å². The zero-order chi connectivity index (χ0) is 16.2. The Labute approximate surface area is 133 Å². The number of aromatic nitrogens is 4. The Kier molecular flexibility index (Phi) is 5.02. The van der Waals surface area contributed by atoms with Gasteiger partial charge in [-0.1, -0.05) is 6.92 Å². The minimum absolute atomic E-state index is 0.128.